The minimum atomic E-state index is -0.466. The summed E-state index contributed by atoms with van der Waals surface area (Å²) in [7, 11) is 0. The molecule has 2 rings (SSSR count). The van der Waals surface area contributed by atoms with Gasteiger partial charge in [0.25, 0.3) is 0 Å². The van der Waals surface area contributed by atoms with Crippen molar-refractivity contribution < 1.29 is 14.3 Å². The predicted octanol–water partition coefficient (Wildman–Crippen LogP) is 3.05. The van der Waals surface area contributed by atoms with Crippen LogP contribution in [0.1, 0.15) is 11.1 Å². The molecule has 21 heavy (non-hydrogen) atoms. The highest BCUT2D eigenvalue weighted by Crippen LogP contribution is 2.17. The van der Waals surface area contributed by atoms with Gasteiger partial charge in [-0.3, -0.25) is 0 Å². The Morgan fingerprint density at radius 1 is 1.14 bits per heavy atom. The molecule has 0 unspecified atom stereocenters. The Bertz CT molecular complexity index is 656. The van der Waals surface area contributed by atoms with E-state index in [2.05, 4.69) is 6.07 Å². The lowest BCUT2D eigenvalue weighted by Crippen LogP contribution is -2.17. The third kappa shape index (κ3) is 4.36. The summed E-state index contributed by atoms with van der Waals surface area (Å²) in [5, 5.41) is 8.58. The molecule has 0 aliphatic carbocycles. The number of rotatable bonds is 5. The standard InChI is InChI=1S/C17H15NO3/c1-13-4-2-3-5-16(13)20-12-17(19)21-15-8-6-14(7-9-15)10-11-18/h2-9H,10,12H2,1H3. The van der Waals surface area contributed by atoms with Gasteiger partial charge >= 0.3 is 5.97 Å². The van der Waals surface area contributed by atoms with Crippen LogP contribution in [-0.4, -0.2) is 12.6 Å². The third-order valence-corrected chi connectivity index (χ3v) is 2.88. The maximum absolute atomic E-state index is 11.7. The molecule has 4 nitrogen and oxygen atoms in total. The van der Waals surface area contributed by atoms with Gasteiger partial charge in [0.15, 0.2) is 6.61 Å². The first-order chi connectivity index (χ1) is 10.2. The first kappa shape index (κ1) is 14.6. The van der Waals surface area contributed by atoms with Crippen LogP contribution >= 0.6 is 0 Å². The molecule has 0 aliphatic rings. The van der Waals surface area contributed by atoms with Gasteiger partial charge in [-0.05, 0) is 36.2 Å². The number of hydrogen-bond donors (Lipinski definition) is 0. The number of para-hydroxylation sites is 1. The van der Waals surface area contributed by atoms with Crippen molar-refractivity contribution in [2.75, 3.05) is 6.61 Å². The highest BCUT2D eigenvalue weighted by molar-refractivity contribution is 5.74. The van der Waals surface area contributed by atoms with Gasteiger partial charge in [0, 0.05) is 0 Å². The van der Waals surface area contributed by atoms with Crippen LogP contribution < -0.4 is 9.47 Å². The summed E-state index contributed by atoms with van der Waals surface area (Å²) in [5.41, 5.74) is 1.85. The smallest absolute Gasteiger partial charge is 0.349 e. The number of hydrogen-bond acceptors (Lipinski definition) is 4. The zero-order chi connectivity index (χ0) is 15.1. The summed E-state index contributed by atoms with van der Waals surface area (Å²) in [4.78, 5) is 11.7. The molecule has 0 heterocycles. The maximum atomic E-state index is 11.7. The lowest BCUT2D eigenvalue weighted by molar-refractivity contribution is -0.136. The molecule has 0 aliphatic heterocycles. The monoisotopic (exact) mass is 281 g/mol. The van der Waals surface area contributed by atoms with Gasteiger partial charge in [-0.15, -0.1) is 0 Å². The van der Waals surface area contributed by atoms with Crippen molar-refractivity contribution in [3.63, 3.8) is 0 Å². The Kier molecular flexibility index (Phi) is 4.94. The van der Waals surface area contributed by atoms with E-state index in [1.165, 1.54) is 0 Å². The van der Waals surface area contributed by atoms with Crippen molar-refractivity contribution in [2.24, 2.45) is 0 Å². The molecule has 0 saturated heterocycles. The lowest BCUT2D eigenvalue weighted by atomic mass is 10.2. The molecular weight excluding hydrogens is 266 g/mol. The molecule has 0 N–H and O–H groups in total. The van der Waals surface area contributed by atoms with Gasteiger partial charge in [-0.1, -0.05) is 30.3 Å². The fraction of sp³-hybridized carbons (Fsp3) is 0.176. The molecule has 0 atom stereocenters. The number of nitriles is 1. The average molecular weight is 281 g/mol. The molecule has 0 aromatic heterocycles. The second kappa shape index (κ2) is 7.11. The Morgan fingerprint density at radius 3 is 2.52 bits per heavy atom. The summed E-state index contributed by atoms with van der Waals surface area (Å²) in [6.07, 6.45) is 0.338. The van der Waals surface area contributed by atoms with Gasteiger partial charge in [0.2, 0.25) is 0 Å². The Labute approximate surface area is 123 Å². The van der Waals surface area contributed by atoms with Crippen molar-refractivity contribution in [1.82, 2.24) is 0 Å². The van der Waals surface area contributed by atoms with E-state index in [9.17, 15) is 4.79 Å². The second-order valence-electron chi connectivity index (χ2n) is 4.51. The molecule has 106 valence electrons. The van der Waals surface area contributed by atoms with E-state index in [0.29, 0.717) is 17.9 Å². The van der Waals surface area contributed by atoms with Crippen molar-refractivity contribution in [3.8, 4) is 17.6 Å². The second-order valence-corrected chi connectivity index (χ2v) is 4.51. The minimum Gasteiger partial charge on any atom is -0.482 e. The number of carbonyl (C=O) groups excluding carboxylic acids is 1. The van der Waals surface area contributed by atoms with Crippen molar-refractivity contribution in [2.45, 2.75) is 13.3 Å². The van der Waals surface area contributed by atoms with Gasteiger partial charge in [0.05, 0.1) is 12.5 Å². The number of benzene rings is 2. The number of carbonyl (C=O) groups is 1. The van der Waals surface area contributed by atoms with Crippen molar-refractivity contribution in [1.29, 1.82) is 5.26 Å². The lowest BCUT2D eigenvalue weighted by Gasteiger charge is -2.08. The van der Waals surface area contributed by atoms with Gasteiger partial charge in [0.1, 0.15) is 11.5 Å². The van der Waals surface area contributed by atoms with Crippen LogP contribution in [0.3, 0.4) is 0 Å². The summed E-state index contributed by atoms with van der Waals surface area (Å²) in [5.74, 6) is 0.639. The Balaban J connectivity index is 1.87. The predicted molar refractivity (Wildman–Crippen MR) is 78.1 cm³/mol. The topological polar surface area (TPSA) is 59.3 Å². The molecule has 2 aromatic carbocycles. The fourth-order valence-corrected chi connectivity index (χ4v) is 1.78. The quantitative estimate of drug-likeness (QED) is 0.624. The van der Waals surface area contributed by atoms with Crippen LogP contribution in [0.4, 0.5) is 0 Å². The molecule has 4 heteroatoms. The number of esters is 1. The van der Waals surface area contributed by atoms with Crippen LogP contribution in [0.15, 0.2) is 48.5 Å². The molecule has 0 spiro atoms. The Hall–Kier alpha value is -2.80. The Morgan fingerprint density at radius 2 is 1.86 bits per heavy atom. The number of aryl methyl sites for hydroxylation is 1. The normalized spacial score (nSPS) is 9.71. The van der Waals surface area contributed by atoms with E-state index in [0.717, 1.165) is 11.1 Å². The van der Waals surface area contributed by atoms with Crippen LogP contribution in [0.25, 0.3) is 0 Å². The maximum Gasteiger partial charge on any atom is 0.349 e. The minimum absolute atomic E-state index is 0.148. The number of nitrogens with zero attached hydrogens (tertiary/aromatic N) is 1. The molecule has 2 aromatic rings. The molecule has 0 fully saturated rings. The highest BCUT2D eigenvalue weighted by atomic mass is 16.6. The molecule has 0 amide bonds. The summed E-state index contributed by atoms with van der Waals surface area (Å²) >= 11 is 0. The largest absolute Gasteiger partial charge is 0.482 e. The molecule has 0 radical (unpaired) electrons. The van der Waals surface area contributed by atoms with E-state index in [1.54, 1.807) is 30.3 Å². The van der Waals surface area contributed by atoms with Gasteiger partial charge in [-0.2, -0.15) is 5.26 Å². The SMILES string of the molecule is Cc1ccccc1OCC(=O)Oc1ccc(CC#N)cc1. The van der Waals surface area contributed by atoms with Crippen LogP contribution in [-0.2, 0) is 11.2 Å². The molecule has 0 saturated carbocycles. The van der Waals surface area contributed by atoms with E-state index in [4.69, 9.17) is 14.7 Å². The third-order valence-electron chi connectivity index (χ3n) is 2.88. The average Bonchev–Trinajstić information content (AvgIpc) is 2.49. The van der Waals surface area contributed by atoms with Crippen molar-refractivity contribution in [3.05, 3.63) is 59.7 Å². The van der Waals surface area contributed by atoms with Crippen molar-refractivity contribution >= 4 is 5.97 Å². The van der Waals surface area contributed by atoms with E-state index >= 15 is 0 Å². The van der Waals surface area contributed by atoms with E-state index in [1.807, 2.05) is 25.1 Å². The molecule has 0 bridgehead atoms. The van der Waals surface area contributed by atoms with Crippen LogP contribution in [0, 0.1) is 18.3 Å². The van der Waals surface area contributed by atoms with Crippen LogP contribution in [0.5, 0.6) is 11.5 Å². The first-order valence-electron chi connectivity index (χ1n) is 6.54. The van der Waals surface area contributed by atoms with E-state index < -0.39 is 5.97 Å². The number of ether oxygens (including phenoxy) is 2. The summed E-state index contributed by atoms with van der Waals surface area (Å²) < 4.78 is 10.6. The summed E-state index contributed by atoms with van der Waals surface area (Å²) in [6, 6.07) is 16.4. The molecular formula is C17H15NO3. The highest BCUT2D eigenvalue weighted by Gasteiger charge is 2.07. The van der Waals surface area contributed by atoms with Gasteiger partial charge in [-0.25, -0.2) is 4.79 Å². The van der Waals surface area contributed by atoms with Crippen LogP contribution in [0.2, 0.25) is 0 Å². The zero-order valence-electron chi connectivity index (χ0n) is 11.7. The summed E-state index contributed by atoms with van der Waals surface area (Å²) in [6.45, 7) is 1.76. The zero-order valence-corrected chi connectivity index (χ0v) is 11.7. The fourth-order valence-electron chi connectivity index (χ4n) is 1.78. The van der Waals surface area contributed by atoms with E-state index in [-0.39, 0.29) is 6.61 Å². The first-order valence-corrected chi connectivity index (χ1v) is 6.54. The van der Waals surface area contributed by atoms with Gasteiger partial charge < -0.3 is 9.47 Å².